The van der Waals surface area contributed by atoms with Crippen LogP contribution in [-0.2, 0) is 6.61 Å². The normalized spacial score (nSPS) is 19.9. The summed E-state index contributed by atoms with van der Waals surface area (Å²) in [7, 11) is 2.20. The Hall–Kier alpha value is -1.26. The van der Waals surface area contributed by atoms with E-state index < -0.39 is 0 Å². The number of aliphatic hydroxyl groups is 1. The van der Waals surface area contributed by atoms with Gasteiger partial charge in [-0.2, -0.15) is 0 Å². The molecule has 1 unspecified atom stereocenters. The molecule has 2 rings (SSSR count). The van der Waals surface area contributed by atoms with Crippen LogP contribution in [0, 0.1) is 0 Å². The average Bonchev–Trinajstić information content (AvgIpc) is 2.48. The number of likely N-dealkylation sites (tertiary alicyclic amines) is 1. The molecule has 0 bridgehead atoms. The van der Waals surface area contributed by atoms with E-state index in [0.29, 0.717) is 12.6 Å². The van der Waals surface area contributed by atoms with Crippen molar-refractivity contribution in [3.63, 3.8) is 0 Å². The van der Waals surface area contributed by atoms with Gasteiger partial charge in [-0.3, -0.25) is 0 Å². The summed E-state index contributed by atoms with van der Waals surface area (Å²) in [6.45, 7) is 4.72. The van der Waals surface area contributed by atoms with E-state index in [0.717, 1.165) is 23.5 Å². The number of ether oxygens (including phenoxy) is 1. The van der Waals surface area contributed by atoms with E-state index >= 15 is 0 Å². The molecule has 2 N–H and O–H groups in total. The second-order valence-corrected chi connectivity index (χ2v) is 5.42. The van der Waals surface area contributed by atoms with Crippen LogP contribution in [0.4, 0.5) is 5.69 Å². The Morgan fingerprint density at radius 1 is 1.40 bits per heavy atom. The molecule has 0 spiro atoms. The molecule has 0 amide bonds. The summed E-state index contributed by atoms with van der Waals surface area (Å²) >= 11 is 0. The number of piperidine rings is 1. The van der Waals surface area contributed by atoms with Crippen molar-refractivity contribution < 1.29 is 9.84 Å². The Bertz CT molecular complexity index is 423. The standard InChI is InChI=1S/C16H26N2O2/c1-3-20-16-8-7-14(10-13(16)12-19)17-11-15-6-4-5-9-18(15)2/h7-8,10,15,17,19H,3-6,9,11-12H2,1-2H3. The molecular weight excluding hydrogens is 252 g/mol. The van der Waals surface area contributed by atoms with Gasteiger partial charge in [-0.15, -0.1) is 0 Å². The molecule has 112 valence electrons. The van der Waals surface area contributed by atoms with Crippen molar-refractivity contribution in [3.8, 4) is 5.75 Å². The number of rotatable bonds is 6. The maximum atomic E-state index is 9.41. The van der Waals surface area contributed by atoms with E-state index in [-0.39, 0.29) is 6.61 Å². The molecule has 1 atom stereocenters. The molecule has 1 aromatic rings. The smallest absolute Gasteiger partial charge is 0.124 e. The minimum atomic E-state index is 0.00812. The largest absolute Gasteiger partial charge is 0.494 e. The second-order valence-electron chi connectivity index (χ2n) is 5.42. The molecule has 4 heteroatoms. The number of nitrogens with one attached hydrogen (secondary N) is 1. The summed E-state index contributed by atoms with van der Waals surface area (Å²) < 4.78 is 5.50. The van der Waals surface area contributed by atoms with Gasteiger partial charge in [-0.05, 0) is 51.6 Å². The Kier molecular flexibility index (Phi) is 5.68. The Morgan fingerprint density at radius 2 is 2.25 bits per heavy atom. The van der Waals surface area contributed by atoms with Crippen molar-refractivity contribution in [1.29, 1.82) is 0 Å². The Labute approximate surface area is 121 Å². The SMILES string of the molecule is CCOc1ccc(NCC2CCCCN2C)cc1CO. The lowest BCUT2D eigenvalue weighted by Gasteiger charge is -2.32. The zero-order chi connectivity index (χ0) is 14.4. The molecule has 4 nitrogen and oxygen atoms in total. The highest BCUT2D eigenvalue weighted by Crippen LogP contribution is 2.23. The van der Waals surface area contributed by atoms with Crippen LogP contribution in [0.25, 0.3) is 0 Å². The van der Waals surface area contributed by atoms with Crippen LogP contribution in [0.5, 0.6) is 5.75 Å². The van der Waals surface area contributed by atoms with Crippen molar-refractivity contribution in [3.05, 3.63) is 23.8 Å². The topological polar surface area (TPSA) is 44.7 Å². The maximum Gasteiger partial charge on any atom is 0.124 e. The number of anilines is 1. The highest BCUT2D eigenvalue weighted by atomic mass is 16.5. The summed E-state index contributed by atoms with van der Waals surface area (Å²) in [6, 6.07) is 6.54. The molecule has 0 aliphatic carbocycles. The van der Waals surface area contributed by atoms with E-state index in [1.54, 1.807) is 0 Å². The minimum Gasteiger partial charge on any atom is -0.494 e. The van der Waals surface area contributed by atoms with E-state index in [1.807, 2.05) is 25.1 Å². The van der Waals surface area contributed by atoms with E-state index in [4.69, 9.17) is 4.74 Å². The summed E-state index contributed by atoms with van der Waals surface area (Å²) in [6.07, 6.45) is 3.89. The van der Waals surface area contributed by atoms with Gasteiger partial charge in [-0.1, -0.05) is 6.42 Å². The number of likely N-dealkylation sites (N-methyl/N-ethyl adjacent to an activating group) is 1. The van der Waals surface area contributed by atoms with Crippen molar-refractivity contribution in [2.45, 2.75) is 38.8 Å². The molecule has 0 aromatic heterocycles. The average molecular weight is 278 g/mol. The number of aliphatic hydroxyl groups excluding tert-OH is 1. The zero-order valence-electron chi connectivity index (χ0n) is 12.6. The van der Waals surface area contributed by atoms with Crippen LogP contribution in [0.1, 0.15) is 31.7 Å². The van der Waals surface area contributed by atoms with Crippen molar-refractivity contribution in [1.82, 2.24) is 4.90 Å². The lowest BCUT2D eigenvalue weighted by atomic mass is 10.0. The molecule has 1 aromatic carbocycles. The third kappa shape index (κ3) is 3.87. The van der Waals surface area contributed by atoms with Gasteiger partial charge in [0.15, 0.2) is 0 Å². The Morgan fingerprint density at radius 3 is 2.95 bits per heavy atom. The minimum absolute atomic E-state index is 0.00812. The number of nitrogens with zero attached hydrogens (tertiary/aromatic N) is 1. The number of benzene rings is 1. The predicted molar refractivity (Wildman–Crippen MR) is 82.3 cm³/mol. The molecule has 0 saturated carbocycles. The highest BCUT2D eigenvalue weighted by molar-refractivity contribution is 5.51. The third-order valence-corrected chi connectivity index (χ3v) is 3.99. The molecule has 1 aliphatic heterocycles. The predicted octanol–water partition coefficient (Wildman–Crippen LogP) is 2.47. The van der Waals surface area contributed by atoms with Gasteiger partial charge in [-0.25, -0.2) is 0 Å². The quantitative estimate of drug-likeness (QED) is 0.839. The number of hydrogen-bond acceptors (Lipinski definition) is 4. The monoisotopic (exact) mass is 278 g/mol. The van der Waals surface area contributed by atoms with Gasteiger partial charge < -0.3 is 20.1 Å². The summed E-state index contributed by atoms with van der Waals surface area (Å²) in [5.41, 5.74) is 1.89. The maximum absolute atomic E-state index is 9.41. The van der Waals surface area contributed by atoms with Gasteiger partial charge in [0.25, 0.3) is 0 Å². The van der Waals surface area contributed by atoms with E-state index in [1.165, 1.54) is 25.8 Å². The van der Waals surface area contributed by atoms with Gasteiger partial charge >= 0.3 is 0 Å². The molecular formula is C16H26N2O2. The molecule has 20 heavy (non-hydrogen) atoms. The van der Waals surface area contributed by atoms with Crippen molar-refractivity contribution >= 4 is 5.69 Å². The fourth-order valence-corrected chi connectivity index (χ4v) is 2.75. The highest BCUT2D eigenvalue weighted by Gasteiger charge is 2.18. The second kappa shape index (κ2) is 7.50. The fourth-order valence-electron chi connectivity index (χ4n) is 2.75. The van der Waals surface area contributed by atoms with Crippen molar-refractivity contribution in [2.24, 2.45) is 0 Å². The third-order valence-electron chi connectivity index (χ3n) is 3.99. The molecule has 0 radical (unpaired) electrons. The van der Waals surface area contributed by atoms with Crippen molar-refractivity contribution in [2.75, 3.05) is 32.1 Å². The first kappa shape index (κ1) is 15.1. The van der Waals surface area contributed by atoms with Gasteiger partial charge in [0, 0.05) is 23.8 Å². The van der Waals surface area contributed by atoms with Gasteiger partial charge in [0.2, 0.25) is 0 Å². The van der Waals surface area contributed by atoms with Crippen LogP contribution < -0.4 is 10.1 Å². The first-order chi connectivity index (χ1) is 9.74. The molecule has 1 fully saturated rings. The molecule has 1 aliphatic rings. The first-order valence-corrected chi connectivity index (χ1v) is 7.55. The summed E-state index contributed by atoms with van der Waals surface area (Å²) in [5.74, 6) is 0.773. The molecule has 1 heterocycles. The van der Waals surface area contributed by atoms with Crippen LogP contribution in [0.15, 0.2) is 18.2 Å². The Balaban J connectivity index is 1.95. The number of hydrogen-bond donors (Lipinski definition) is 2. The van der Waals surface area contributed by atoms with Gasteiger partial charge in [0.05, 0.1) is 13.2 Å². The lowest BCUT2D eigenvalue weighted by Crippen LogP contribution is -2.40. The first-order valence-electron chi connectivity index (χ1n) is 7.55. The van der Waals surface area contributed by atoms with Crippen LogP contribution in [0.3, 0.4) is 0 Å². The summed E-state index contributed by atoms with van der Waals surface area (Å²) in [5, 5.41) is 12.9. The van der Waals surface area contributed by atoms with Gasteiger partial charge in [0.1, 0.15) is 5.75 Å². The summed E-state index contributed by atoms with van der Waals surface area (Å²) in [4.78, 5) is 2.43. The zero-order valence-corrected chi connectivity index (χ0v) is 12.6. The lowest BCUT2D eigenvalue weighted by molar-refractivity contribution is 0.194. The molecule has 1 saturated heterocycles. The van der Waals surface area contributed by atoms with Crippen LogP contribution in [-0.4, -0.2) is 42.8 Å². The van der Waals surface area contributed by atoms with E-state index in [2.05, 4.69) is 17.3 Å². The van der Waals surface area contributed by atoms with E-state index in [9.17, 15) is 5.11 Å². The van der Waals surface area contributed by atoms with Crippen LogP contribution >= 0.6 is 0 Å². The van der Waals surface area contributed by atoms with Crippen LogP contribution in [0.2, 0.25) is 0 Å². The fraction of sp³-hybridized carbons (Fsp3) is 0.625.